The second-order valence-electron chi connectivity index (χ2n) is 4.04. The molecule has 1 rings (SSSR count). The first-order chi connectivity index (χ1) is 8.58. The van der Waals surface area contributed by atoms with Crippen molar-refractivity contribution in [3.05, 3.63) is 28.2 Å². The summed E-state index contributed by atoms with van der Waals surface area (Å²) in [4.78, 5) is 11.8. The van der Waals surface area contributed by atoms with Crippen molar-refractivity contribution in [2.45, 2.75) is 32.2 Å². The Balaban J connectivity index is 2.75. The van der Waals surface area contributed by atoms with Gasteiger partial charge in [0.2, 0.25) is 5.91 Å². The number of nitrogens with one attached hydrogen (secondary N) is 1. The van der Waals surface area contributed by atoms with Crippen LogP contribution in [0.25, 0.3) is 0 Å². The van der Waals surface area contributed by atoms with Crippen LogP contribution < -0.4 is 11.1 Å². The Hall–Kier alpha value is -1.38. The Labute approximate surface area is 115 Å². The summed E-state index contributed by atoms with van der Waals surface area (Å²) in [7, 11) is 0. The largest absolute Gasteiger partial charge is 0.324 e. The number of hydrogen-bond acceptors (Lipinski definition) is 3. The number of unbranched alkanes of at least 4 members (excludes halogenated alkanes) is 1. The second-order valence-corrected chi connectivity index (χ2v) is 4.96. The molecule has 0 spiro atoms. The van der Waals surface area contributed by atoms with Crippen molar-refractivity contribution in [3.8, 4) is 6.07 Å². The summed E-state index contributed by atoms with van der Waals surface area (Å²) in [6, 6.07) is 6.60. The maximum atomic E-state index is 11.8. The van der Waals surface area contributed by atoms with E-state index in [1.165, 1.54) is 0 Å². The van der Waals surface area contributed by atoms with Gasteiger partial charge in [-0.25, -0.2) is 0 Å². The first kappa shape index (κ1) is 14.7. The van der Waals surface area contributed by atoms with Gasteiger partial charge in [-0.15, -0.1) is 0 Å². The van der Waals surface area contributed by atoms with Crippen molar-refractivity contribution in [1.29, 1.82) is 5.26 Å². The van der Waals surface area contributed by atoms with Gasteiger partial charge in [-0.3, -0.25) is 4.79 Å². The standard InChI is InChI=1S/C13H16BrN3O/c1-2-3-4-11(16)13(18)17-12-7-10(14)6-5-9(12)8-15/h5-7,11H,2-4,16H2,1H3,(H,17,18)/t11-/m0/s1. The number of nitrogens with two attached hydrogens (primary N) is 1. The lowest BCUT2D eigenvalue weighted by atomic mass is 10.1. The van der Waals surface area contributed by atoms with Crippen molar-refractivity contribution in [1.82, 2.24) is 0 Å². The Bertz CT molecular complexity index is 468. The molecule has 0 aliphatic carbocycles. The molecule has 3 N–H and O–H groups in total. The van der Waals surface area contributed by atoms with Gasteiger partial charge >= 0.3 is 0 Å². The minimum atomic E-state index is -0.532. The highest BCUT2D eigenvalue weighted by atomic mass is 79.9. The summed E-state index contributed by atoms with van der Waals surface area (Å²) in [6.07, 6.45) is 2.57. The number of halogens is 1. The minimum Gasteiger partial charge on any atom is -0.324 e. The van der Waals surface area contributed by atoms with E-state index in [2.05, 4.69) is 21.2 Å². The van der Waals surface area contributed by atoms with Gasteiger partial charge in [0.05, 0.1) is 17.3 Å². The molecule has 0 fully saturated rings. The number of hydrogen-bond donors (Lipinski definition) is 2. The maximum absolute atomic E-state index is 11.8. The molecule has 1 aromatic carbocycles. The summed E-state index contributed by atoms with van der Waals surface area (Å²) in [5.74, 6) is -0.252. The van der Waals surface area contributed by atoms with E-state index in [4.69, 9.17) is 11.0 Å². The first-order valence-corrected chi connectivity index (χ1v) is 6.64. The summed E-state index contributed by atoms with van der Waals surface area (Å²) in [6.45, 7) is 2.05. The van der Waals surface area contributed by atoms with Crippen LogP contribution in [-0.4, -0.2) is 11.9 Å². The zero-order valence-corrected chi connectivity index (χ0v) is 11.8. The van der Waals surface area contributed by atoms with Crippen molar-refractivity contribution in [2.75, 3.05) is 5.32 Å². The van der Waals surface area contributed by atoms with E-state index in [1.54, 1.807) is 18.2 Å². The van der Waals surface area contributed by atoms with E-state index >= 15 is 0 Å². The molecule has 0 saturated heterocycles. The van der Waals surface area contributed by atoms with Crippen molar-refractivity contribution in [2.24, 2.45) is 5.73 Å². The zero-order chi connectivity index (χ0) is 13.5. The number of rotatable bonds is 5. The molecule has 0 aromatic heterocycles. The van der Waals surface area contributed by atoms with Crippen LogP contribution in [0, 0.1) is 11.3 Å². The Kier molecular flexibility index (Phi) is 5.83. The molecule has 0 bridgehead atoms. The molecule has 0 unspecified atom stereocenters. The van der Waals surface area contributed by atoms with Crippen LogP contribution in [0.1, 0.15) is 31.7 Å². The predicted octanol–water partition coefficient (Wildman–Crippen LogP) is 2.78. The molecule has 1 aromatic rings. The monoisotopic (exact) mass is 309 g/mol. The third kappa shape index (κ3) is 4.13. The molecule has 0 heterocycles. The van der Waals surface area contributed by atoms with E-state index in [9.17, 15) is 4.79 Å². The van der Waals surface area contributed by atoms with E-state index in [0.29, 0.717) is 17.7 Å². The number of carbonyl (C=O) groups excluding carboxylic acids is 1. The fraction of sp³-hybridized carbons (Fsp3) is 0.385. The highest BCUT2D eigenvalue weighted by Gasteiger charge is 2.14. The van der Waals surface area contributed by atoms with Crippen LogP contribution in [0.5, 0.6) is 0 Å². The summed E-state index contributed by atoms with van der Waals surface area (Å²) in [5.41, 5.74) is 6.69. The van der Waals surface area contributed by atoms with Gasteiger partial charge in [0, 0.05) is 4.47 Å². The molecule has 1 atom stereocenters. The Morgan fingerprint density at radius 2 is 2.33 bits per heavy atom. The third-order valence-electron chi connectivity index (χ3n) is 2.57. The molecule has 18 heavy (non-hydrogen) atoms. The maximum Gasteiger partial charge on any atom is 0.241 e. The predicted molar refractivity (Wildman–Crippen MR) is 75.0 cm³/mol. The smallest absolute Gasteiger partial charge is 0.241 e. The van der Waals surface area contributed by atoms with Gasteiger partial charge in [-0.05, 0) is 24.6 Å². The quantitative estimate of drug-likeness (QED) is 0.877. The molecular weight excluding hydrogens is 294 g/mol. The Morgan fingerprint density at radius 3 is 2.94 bits per heavy atom. The third-order valence-corrected chi connectivity index (χ3v) is 3.06. The molecule has 0 aliphatic heterocycles. The fourth-order valence-corrected chi connectivity index (χ4v) is 1.86. The van der Waals surface area contributed by atoms with Crippen molar-refractivity contribution in [3.63, 3.8) is 0 Å². The summed E-state index contributed by atoms with van der Waals surface area (Å²) >= 11 is 3.30. The molecule has 0 radical (unpaired) electrons. The number of benzene rings is 1. The lowest BCUT2D eigenvalue weighted by Crippen LogP contribution is -2.35. The average molecular weight is 310 g/mol. The van der Waals surface area contributed by atoms with E-state index in [1.807, 2.05) is 13.0 Å². The molecule has 1 amide bonds. The van der Waals surface area contributed by atoms with Gasteiger partial charge in [-0.1, -0.05) is 35.7 Å². The van der Waals surface area contributed by atoms with Crippen LogP contribution in [0.15, 0.2) is 22.7 Å². The highest BCUT2D eigenvalue weighted by molar-refractivity contribution is 9.10. The van der Waals surface area contributed by atoms with Crippen LogP contribution >= 0.6 is 15.9 Å². The fourth-order valence-electron chi connectivity index (χ4n) is 1.50. The first-order valence-electron chi connectivity index (χ1n) is 5.84. The van der Waals surface area contributed by atoms with Crippen molar-refractivity contribution >= 4 is 27.5 Å². The van der Waals surface area contributed by atoms with Crippen molar-refractivity contribution < 1.29 is 4.79 Å². The number of carbonyl (C=O) groups is 1. The topological polar surface area (TPSA) is 78.9 Å². The van der Waals surface area contributed by atoms with E-state index in [-0.39, 0.29) is 5.91 Å². The summed E-state index contributed by atoms with van der Waals surface area (Å²) in [5, 5.41) is 11.6. The number of amides is 1. The average Bonchev–Trinajstić information content (AvgIpc) is 2.36. The summed E-state index contributed by atoms with van der Waals surface area (Å²) < 4.78 is 0.805. The normalized spacial score (nSPS) is 11.7. The van der Waals surface area contributed by atoms with Crippen LogP contribution in [0.3, 0.4) is 0 Å². The van der Waals surface area contributed by atoms with Gasteiger partial charge in [0.15, 0.2) is 0 Å². The van der Waals surface area contributed by atoms with Crippen LogP contribution in [0.2, 0.25) is 0 Å². The van der Waals surface area contributed by atoms with E-state index in [0.717, 1.165) is 17.3 Å². The van der Waals surface area contributed by atoms with Gasteiger partial charge in [0.25, 0.3) is 0 Å². The number of nitrogens with zero attached hydrogens (tertiary/aromatic N) is 1. The highest BCUT2D eigenvalue weighted by Crippen LogP contribution is 2.21. The molecule has 4 nitrogen and oxygen atoms in total. The lowest BCUT2D eigenvalue weighted by Gasteiger charge is -2.12. The van der Waals surface area contributed by atoms with Gasteiger partial charge in [0.1, 0.15) is 6.07 Å². The number of anilines is 1. The lowest BCUT2D eigenvalue weighted by molar-refractivity contribution is -0.117. The number of nitriles is 1. The zero-order valence-electron chi connectivity index (χ0n) is 10.2. The molecule has 0 aliphatic rings. The molecule has 5 heteroatoms. The van der Waals surface area contributed by atoms with Crippen LogP contribution in [-0.2, 0) is 4.79 Å². The minimum absolute atomic E-state index is 0.252. The Morgan fingerprint density at radius 1 is 1.61 bits per heavy atom. The molecular formula is C13H16BrN3O. The van der Waals surface area contributed by atoms with Crippen LogP contribution in [0.4, 0.5) is 5.69 Å². The molecule has 0 saturated carbocycles. The van der Waals surface area contributed by atoms with Gasteiger partial charge in [-0.2, -0.15) is 5.26 Å². The SMILES string of the molecule is CCCC[C@H](N)C(=O)Nc1cc(Br)ccc1C#N. The van der Waals surface area contributed by atoms with E-state index < -0.39 is 6.04 Å². The van der Waals surface area contributed by atoms with Gasteiger partial charge < -0.3 is 11.1 Å². The second kappa shape index (κ2) is 7.14. The molecule has 96 valence electrons.